The van der Waals surface area contributed by atoms with Crippen LogP contribution in [0, 0.1) is 0 Å². The van der Waals surface area contributed by atoms with E-state index in [4.69, 9.17) is 5.21 Å². The van der Waals surface area contributed by atoms with Gasteiger partial charge in [0.25, 0.3) is 0 Å². The van der Waals surface area contributed by atoms with Gasteiger partial charge in [0.05, 0.1) is 11.8 Å². The molecular weight excluding hydrogens is 183 g/mol. The van der Waals surface area contributed by atoms with Crippen LogP contribution in [0.4, 0.5) is 13.2 Å². The summed E-state index contributed by atoms with van der Waals surface area (Å²) in [6.07, 6.45) is -3.27. The summed E-state index contributed by atoms with van der Waals surface area (Å²) in [5.41, 5.74) is -0.307. The Kier molecular flexibility index (Phi) is 2.55. The largest absolute Gasteiger partial charge is 0.416 e. The van der Waals surface area contributed by atoms with Gasteiger partial charge in [0, 0.05) is 0 Å². The van der Waals surface area contributed by atoms with Gasteiger partial charge in [0.1, 0.15) is 0 Å². The first-order valence-corrected chi connectivity index (χ1v) is 3.39. The molecule has 1 rings (SSSR count). The highest BCUT2D eigenvalue weighted by molar-refractivity contribution is 5.78. The number of hydrogen-bond acceptors (Lipinski definition) is 2. The highest BCUT2D eigenvalue weighted by atomic mass is 19.4. The van der Waals surface area contributed by atoms with Crippen molar-refractivity contribution in [2.24, 2.45) is 5.16 Å². The van der Waals surface area contributed by atoms with Crippen LogP contribution in [0.3, 0.4) is 0 Å². The van der Waals surface area contributed by atoms with Crippen molar-refractivity contribution < 1.29 is 18.4 Å². The Balaban J connectivity index is 2.94. The van der Waals surface area contributed by atoms with E-state index in [-0.39, 0.29) is 0 Å². The summed E-state index contributed by atoms with van der Waals surface area (Å²) in [6.45, 7) is 0. The Morgan fingerprint density at radius 1 is 1.15 bits per heavy atom. The Bertz CT molecular complexity index is 302. The fraction of sp³-hybridized carbons (Fsp3) is 0.125. The van der Waals surface area contributed by atoms with Gasteiger partial charge in [-0.3, -0.25) is 0 Å². The molecule has 1 aromatic carbocycles. The molecule has 0 unspecified atom stereocenters. The Hall–Kier alpha value is -1.52. The fourth-order valence-electron chi connectivity index (χ4n) is 0.825. The van der Waals surface area contributed by atoms with Gasteiger partial charge in [-0.25, -0.2) is 0 Å². The van der Waals surface area contributed by atoms with Gasteiger partial charge >= 0.3 is 6.18 Å². The first kappa shape index (κ1) is 9.57. The number of halogens is 3. The minimum Gasteiger partial charge on any atom is -0.411 e. The minimum atomic E-state index is -4.32. The second kappa shape index (κ2) is 3.47. The van der Waals surface area contributed by atoms with E-state index in [0.29, 0.717) is 5.56 Å². The lowest BCUT2D eigenvalue weighted by Crippen LogP contribution is -2.04. The molecule has 0 atom stereocenters. The predicted molar refractivity (Wildman–Crippen MR) is 40.8 cm³/mol. The summed E-state index contributed by atoms with van der Waals surface area (Å²) < 4.78 is 36.1. The van der Waals surface area contributed by atoms with Crippen molar-refractivity contribution in [2.75, 3.05) is 0 Å². The van der Waals surface area contributed by atoms with Gasteiger partial charge in [0.2, 0.25) is 0 Å². The normalized spacial score (nSPS) is 12.2. The van der Waals surface area contributed by atoms with Crippen molar-refractivity contribution in [3.8, 4) is 0 Å². The standard InChI is InChI=1S/C8H6F3NO/c9-8(10,11)7-3-1-6(2-4-7)5-12-13/h1-5,13H/b12-5-. The number of benzene rings is 1. The Labute approximate surface area is 72.3 Å². The van der Waals surface area contributed by atoms with Crippen LogP contribution < -0.4 is 0 Å². The lowest BCUT2D eigenvalue weighted by molar-refractivity contribution is -0.137. The van der Waals surface area contributed by atoms with Crippen molar-refractivity contribution in [2.45, 2.75) is 6.18 Å². The molecule has 13 heavy (non-hydrogen) atoms. The van der Waals surface area contributed by atoms with Crippen LogP contribution in [-0.2, 0) is 6.18 Å². The molecule has 70 valence electrons. The predicted octanol–water partition coefficient (Wildman–Crippen LogP) is 2.51. The van der Waals surface area contributed by atoms with E-state index < -0.39 is 11.7 Å². The zero-order valence-corrected chi connectivity index (χ0v) is 6.42. The summed E-state index contributed by atoms with van der Waals surface area (Å²) in [4.78, 5) is 0. The fourth-order valence-corrected chi connectivity index (χ4v) is 0.825. The maximum atomic E-state index is 12.0. The molecule has 0 radical (unpaired) electrons. The molecule has 2 nitrogen and oxygen atoms in total. The average molecular weight is 189 g/mol. The summed E-state index contributed by atoms with van der Waals surface area (Å²) in [7, 11) is 0. The van der Waals surface area contributed by atoms with E-state index in [1.165, 1.54) is 12.1 Å². The molecule has 0 aliphatic rings. The van der Waals surface area contributed by atoms with Crippen LogP contribution in [0.5, 0.6) is 0 Å². The van der Waals surface area contributed by atoms with E-state index in [9.17, 15) is 13.2 Å². The van der Waals surface area contributed by atoms with Crippen LogP contribution in [0.15, 0.2) is 29.4 Å². The van der Waals surface area contributed by atoms with Gasteiger partial charge in [-0.1, -0.05) is 17.3 Å². The Morgan fingerprint density at radius 3 is 2.08 bits per heavy atom. The SMILES string of the molecule is O/N=C\c1ccc(C(F)(F)F)cc1. The monoisotopic (exact) mass is 189 g/mol. The van der Waals surface area contributed by atoms with E-state index >= 15 is 0 Å². The van der Waals surface area contributed by atoms with Gasteiger partial charge in [0.15, 0.2) is 0 Å². The molecule has 0 saturated heterocycles. The van der Waals surface area contributed by atoms with Crippen molar-refractivity contribution >= 4 is 6.21 Å². The summed E-state index contributed by atoms with van der Waals surface area (Å²) >= 11 is 0. The summed E-state index contributed by atoms with van der Waals surface area (Å²) in [5.74, 6) is 0. The molecule has 0 aliphatic heterocycles. The number of oxime groups is 1. The molecule has 1 aromatic rings. The molecule has 0 fully saturated rings. The third-order valence-corrected chi connectivity index (χ3v) is 1.44. The Morgan fingerprint density at radius 2 is 1.69 bits per heavy atom. The molecular formula is C8H6F3NO. The van der Waals surface area contributed by atoms with Crippen molar-refractivity contribution in [1.29, 1.82) is 0 Å². The van der Waals surface area contributed by atoms with Crippen molar-refractivity contribution in [3.05, 3.63) is 35.4 Å². The molecule has 1 N–H and O–H groups in total. The van der Waals surface area contributed by atoms with Crippen LogP contribution in [0.25, 0.3) is 0 Å². The van der Waals surface area contributed by atoms with Crippen LogP contribution in [0.2, 0.25) is 0 Å². The zero-order valence-electron chi connectivity index (χ0n) is 6.42. The second-order valence-corrected chi connectivity index (χ2v) is 2.36. The highest BCUT2D eigenvalue weighted by Gasteiger charge is 2.29. The number of hydrogen-bond donors (Lipinski definition) is 1. The van der Waals surface area contributed by atoms with Gasteiger partial charge in [-0.15, -0.1) is 0 Å². The van der Waals surface area contributed by atoms with E-state index in [1.54, 1.807) is 0 Å². The topological polar surface area (TPSA) is 32.6 Å². The van der Waals surface area contributed by atoms with Crippen molar-refractivity contribution in [1.82, 2.24) is 0 Å². The third kappa shape index (κ3) is 2.47. The zero-order chi connectivity index (χ0) is 9.90. The van der Waals surface area contributed by atoms with E-state index in [2.05, 4.69) is 5.16 Å². The number of nitrogens with zero attached hydrogens (tertiary/aromatic N) is 1. The molecule has 0 aromatic heterocycles. The first-order valence-electron chi connectivity index (χ1n) is 3.39. The smallest absolute Gasteiger partial charge is 0.411 e. The second-order valence-electron chi connectivity index (χ2n) is 2.36. The van der Waals surface area contributed by atoms with Gasteiger partial charge < -0.3 is 5.21 Å². The molecule has 0 bridgehead atoms. The van der Waals surface area contributed by atoms with Crippen LogP contribution >= 0.6 is 0 Å². The average Bonchev–Trinajstić information content (AvgIpc) is 2.04. The summed E-state index contributed by atoms with van der Waals surface area (Å²) in [5, 5.41) is 10.8. The highest BCUT2D eigenvalue weighted by Crippen LogP contribution is 2.28. The lowest BCUT2D eigenvalue weighted by Gasteiger charge is -2.05. The molecule has 0 spiro atoms. The quantitative estimate of drug-likeness (QED) is 0.411. The molecule has 0 heterocycles. The van der Waals surface area contributed by atoms with Gasteiger partial charge in [-0.05, 0) is 17.7 Å². The van der Waals surface area contributed by atoms with Crippen LogP contribution in [-0.4, -0.2) is 11.4 Å². The first-order chi connectivity index (χ1) is 6.04. The maximum Gasteiger partial charge on any atom is 0.416 e. The lowest BCUT2D eigenvalue weighted by atomic mass is 10.1. The minimum absolute atomic E-state index is 0.413. The maximum absolute atomic E-state index is 12.0. The van der Waals surface area contributed by atoms with Gasteiger partial charge in [-0.2, -0.15) is 13.2 Å². The molecule has 5 heteroatoms. The van der Waals surface area contributed by atoms with Crippen molar-refractivity contribution in [3.63, 3.8) is 0 Å². The summed E-state index contributed by atoms with van der Waals surface area (Å²) in [6, 6.07) is 4.30. The third-order valence-electron chi connectivity index (χ3n) is 1.44. The molecule has 0 amide bonds. The van der Waals surface area contributed by atoms with Crippen LogP contribution in [0.1, 0.15) is 11.1 Å². The molecule has 0 aliphatic carbocycles. The number of alkyl halides is 3. The molecule has 0 saturated carbocycles. The van der Waals surface area contributed by atoms with E-state index in [0.717, 1.165) is 18.3 Å². The van der Waals surface area contributed by atoms with E-state index in [1.807, 2.05) is 0 Å². The number of rotatable bonds is 1.